The Bertz CT molecular complexity index is 402. The molecular weight excluding hydrogens is 210 g/mol. The van der Waals surface area contributed by atoms with Crippen molar-refractivity contribution in [3.63, 3.8) is 0 Å². The molecule has 1 rings (SSSR count). The van der Waals surface area contributed by atoms with E-state index in [0.717, 1.165) is 16.8 Å². The van der Waals surface area contributed by atoms with E-state index in [4.69, 9.17) is 17.0 Å². The maximum Gasteiger partial charge on any atom is 0.221 e. The van der Waals surface area contributed by atoms with E-state index in [9.17, 15) is 4.79 Å². The lowest BCUT2D eigenvalue weighted by atomic mass is 10.1. The lowest BCUT2D eigenvalue weighted by molar-refractivity contribution is -0.114. The zero-order valence-corrected chi connectivity index (χ0v) is 9.77. The van der Waals surface area contributed by atoms with Gasteiger partial charge in [0.05, 0.1) is 7.11 Å². The highest BCUT2D eigenvalue weighted by Crippen LogP contribution is 2.16. The molecule has 0 heterocycles. The van der Waals surface area contributed by atoms with Crippen LogP contribution in [0.2, 0.25) is 0 Å². The molecule has 1 aromatic carbocycles. The molecule has 0 atom stereocenters. The Morgan fingerprint density at radius 3 is 2.67 bits per heavy atom. The van der Waals surface area contributed by atoms with Crippen molar-refractivity contribution in [1.29, 1.82) is 0 Å². The second kappa shape index (κ2) is 4.89. The maximum absolute atomic E-state index is 10.9. The zero-order chi connectivity index (χ0) is 11.4. The average molecular weight is 223 g/mol. The Morgan fingerprint density at radius 2 is 2.13 bits per heavy atom. The highest BCUT2D eigenvalue weighted by molar-refractivity contribution is 7.80. The van der Waals surface area contributed by atoms with Gasteiger partial charge in [-0.25, -0.2) is 0 Å². The standard InChI is InChI=1S/C11H13NO2S/c1-7-4-5-9(12-8(2)13)6-10(7)11(15)14-3/h4-6H,1-3H3,(H,12,13). The second-order valence-electron chi connectivity index (χ2n) is 3.20. The minimum atomic E-state index is -0.104. The average Bonchev–Trinajstić information content (AvgIpc) is 2.19. The molecular formula is C11H13NO2S. The van der Waals surface area contributed by atoms with Crippen molar-refractivity contribution in [2.24, 2.45) is 0 Å². The second-order valence-corrected chi connectivity index (χ2v) is 3.57. The summed E-state index contributed by atoms with van der Waals surface area (Å²) in [7, 11) is 1.53. The minimum absolute atomic E-state index is 0.104. The first-order valence-electron chi connectivity index (χ1n) is 4.51. The van der Waals surface area contributed by atoms with Crippen molar-refractivity contribution < 1.29 is 9.53 Å². The van der Waals surface area contributed by atoms with Crippen LogP contribution in [-0.4, -0.2) is 18.1 Å². The van der Waals surface area contributed by atoms with Crippen LogP contribution >= 0.6 is 12.2 Å². The molecule has 0 spiro atoms. The minimum Gasteiger partial charge on any atom is -0.486 e. The zero-order valence-electron chi connectivity index (χ0n) is 8.96. The molecule has 0 saturated heterocycles. The molecule has 15 heavy (non-hydrogen) atoms. The van der Waals surface area contributed by atoms with Crippen LogP contribution in [-0.2, 0) is 9.53 Å². The van der Waals surface area contributed by atoms with Gasteiger partial charge in [-0.05, 0) is 36.8 Å². The van der Waals surface area contributed by atoms with Gasteiger partial charge in [-0.1, -0.05) is 6.07 Å². The van der Waals surface area contributed by atoms with E-state index in [1.54, 1.807) is 0 Å². The fraction of sp³-hybridized carbons (Fsp3) is 0.273. The van der Waals surface area contributed by atoms with Crippen LogP contribution in [0.15, 0.2) is 18.2 Å². The van der Waals surface area contributed by atoms with Gasteiger partial charge in [0.2, 0.25) is 5.91 Å². The number of rotatable bonds is 2. The van der Waals surface area contributed by atoms with Crippen LogP contribution in [0.4, 0.5) is 5.69 Å². The van der Waals surface area contributed by atoms with E-state index in [2.05, 4.69) is 5.32 Å². The molecule has 0 bridgehead atoms. The predicted molar refractivity (Wildman–Crippen MR) is 64.2 cm³/mol. The van der Waals surface area contributed by atoms with E-state index >= 15 is 0 Å². The molecule has 1 aromatic rings. The summed E-state index contributed by atoms with van der Waals surface area (Å²) < 4.78 is 5.00. The quantitative estimate of drug-likeness (QED) is 0.782. The van der Waals surface area contributed by atoms with Crippen molar-refractivity contribution in [1.82, 2.24) is 0 Å². The Balaban J connectivity index is 3.05. The van der Waals surface area contributed by atoms with Gasteiger partial charge in [-0.15, -0.1) is 0 Å². The molecule has 0 aliphatic carbocycles. The first-order valence-corrected chi connectivity index (χ1v) is 4.92. The van der Waals surface area contributed by atoms with Crippen molar-refractivity contribution in [2.75, 3.05) is 12.4 Å². The number of amides is 1. The molecule has 1 N–H and O–H groups in total. The van der Waals surface area contributed by atoms with Crippen LogP contribution in [0, 0.1) is 6.92 Å². The lowest BCUT2D eigenvalue weighted by Gasteiger charge is -2.09. The fourth-order valence-electron chi connectivity index (χ4n) is 1.23. The molecule has 0 unspecified atom stereocenters. The molecule has 0 aliphatic heterocycles. The number of thiocarbonyl (C=S) groups is 1. The summed E-state index contributed by atoms with van der Waals surface area (Å²) in [5.74, 6) is -0.104. The number of hydrogen-bond donors (Lipinski definition) is 1. The monoisotopic (exact) mass is 223 g/mol. The van der Waals surface area contributed by atoms with Gasteiger partial charge in [-0.3, -0.25) is 4.79 Å². The molecule has 80 valence electrons. The van der Waals surface area contributed by atoms with E-state index in [1.807, 2.05) is 25.1 Å². The number of anilines is 1. The summed E-state index contributed by atoms with van der Waals surface area (Å²) in [6, 6.07) is 5.53. The Morgan fingerprint density at radius 1 is 1.47 bits per heavy atom. The van der Waals surface area contributed by atoms with E-state index < -0.39 is 0 Å². The smallest absolute Gasteiger partial charge is 0.221 e. The molecule has 3 nitrogen and oxygen atoms in total. The molecule has 0 saturated carbocycles. The largest absolute Gasteiger partial charge is 0.486 e. The van der Waals surface area contributed by atoms with Gasteiger partial charge in [-0.2, -0.15) is 0 Å². The SMILES string of the molecule is COC(=S)c1cc(NC(C)=O)ccc1C. The van der Waals surface area contributed by atoms with Crippen LogP contribution < -0.4 is 5.32 Å². The summed E-state index contributed by atoms with van der Waals surface area (Å²) in [5.41, 5.74) is 2.58. The molecule has 4 heteroatoms. The fourth-order valence-corrected chi connectivity index (χ4v) is 1.45. The van der Waals surface area contributed by atoms with Crippen LogP contribution in [0.25, 0.3) is 0 Å². The Kier molecular flexibility index (Phi) is 3.80. The number of hydrogen-bond acceptors (Lipinski definition) is 3. The van der Waals surface area contributed by atoms with Crippen LogP contribution in [0.1, 0.15) is 18.1 Å². The lowest BCUT2D eigenvalue weighted by Crippen LogP contribution is -2.08. The van der Waals surface area contributed by atoms with Crippen molar-refractivity contribution in [2.45, 2.75) is 13.8 Å². The molecule has 0 radical (unpaired) electrons. The van der Waals surface area contributed by atoms with Gasteiger partial charge in [0.1, 0.15) is 0 Å². The van der Waals surface area contributed by atoms with E-state index in [0.29, 0.717) is 5.05 Å². The number of benzene rings is 1. The topological polar surface area (TPSA) is 38.3 Å². The number of carbonyl (C=O) groups excluding carboxylic acids is 1. The molecule has 1 amide bonds. The molecule has 0 aliphatic rings. The maximum atomic E-state index is 10.9. The highest BCUT2D eigenvalue weighted by Gasteiger charge is 2.06. The number of aryl methyl sites for hydroxylation is 1. The van der Waals surface area contributed by atoms with Crippen molar-refractivity contribution >= 4 is 28.9 Å². The summed E-state index contributed by atoms with van der Waals surface area (Å²) in [6.07, 6.45) is 0. The van der Waals surface area contributed by atoms with E-state index in [-0.39, 0.29) is 5.91 Å². The first kappa shape index (κ1) is 11.7. The Hall–Kier alpha value is -1.42. The molecule has 0 aromatic heterocycles. The molecule has 0 fully saturated rings. The van der Waals surface area contributed by atoms with Gasteiger partial charge in [0, 0.05) is 18.2 Å². The summed E-state index contributed by atoms with van der Waals surface area (Å²) in [6.45, 7) is 3.41. The third-order valence-electron chi connectivity index (χ3n) is 1.96. The van der Waals surface area contributed by atoms with Gasteiger partial charge >= 0.3 is 0 Å². The van der Waals surface area contributed by atoms with Crippen LogP contribution in [0.5, 0.6) is 0 Å². The van der Waals surface area contributed by atoms with Crippen molar-refractivity contribution in [3.05, 3.63) is 29.3 Å². The summed E-state index contributed by atoms with van der Waals surface area (Å²) in [5, 5.41) is 3.13. The van der Waals surface area contributed by atoms with E-state index in [1.165, 1.54) is 14.0 Å². The number of carbonyl (C=O) groups is 1. The number of ether oxygens (including phenoxy) is 1. The Labute approximate surface area is 94.4 Å². The summed E-state index contributed by atoms with van der Waals surface area (Å²) in [4.78, 5) is 10.9. The third-order valence-corrected chi connectivity index (χ3v) is 2.35. The van der Waals surface area contributed by atoms with Gasteiger partial charge < -0.3 is 10.1 Å². The van der Waals surface area contributed by atoms with Crippen LogP contribution in [0.3, 0.4) is 0 Å². The number of methoxy groups -OCH3 is 1. The number of nitrogens with one attached hydrogen (secondary N) is 1. The normalized spacial score (nSPS) is 9.53. The van der Waals surface area contributed by atoms with Gasteiger partial charge in [0.25, 0.3) is 0 Å². The summed E-state index contributed by atoms with van der Waals surface area (Å²) >= 11 is 5.05. The van der Waals surface area contributed by atoms with Crippen molar-refractivity contribution in [3.8, 4) is 0 Å². The first-order chi connectivity index (χ1) is 7.04. The van der Waals surface area contributed by atoms with Gasteiger partial charge in [0.15, 0.2) is 5.05 Å². The third kappa shape index (κ3) is 3.02. The highest BCUT2D eigenvalue weighted by atomic mass is 32.1. The predicted octanol–water partition coefficient (Wildman–Crippen LogP) is 2.28.